The third-order valence-corrected chi connectivity index (χ3v) is 6.64. The Hall–Kier alpha value is -4.84. The Morgan fingerprint density at radius 1 is 0.558 bits per heavy atom. The van der Waals surface area contributed by atoms with Gasteiger partial charge in [-0.25, -0.2) is 0 Å². The Balaban J connectivity index is 1.12. The highest BCUT2D eigenvalue weighted by atomic mass is 16.5. The molecule has 222 valence electrons. The lowest BCUT2D eigenvalue weighted by molar-refractivity contribution is -0.141. The van der Waals surface area contributed by atoms with Crippen LogP contribution in [0.15, 0.2) is 109 Å². The fourth-order valence-electron chi connectivity index (χ4n) is 4.32. The van der Waals surface area contributed by atoms with Gasteiger partial charge in [-0.1, -0.05) is 72.8 Å². The van der Waals surface area contributed by atoms with E-state index in [-0.39, 0.29) is 11.8 Å². The van der Waals surface area contributed by atoms with Crippen LogP contribution in [0.2, 0.25) is 0 Å². The number of rotatable bonds is 17. The van der Waals surface area contributed by atoms with Gasteiger partial charge in [-0.2, -0.15) is 0 Å². The molecule has 6 heteroatoms. The van der Waals surface area contributed by atoms with Crippen molar-refractivity contribution in [2.45, 2.75) is 32.6 Å². The van der Waals surface area contributed by atoms with Crippen molar-refractivity contribution in [1.82, 2.24) is 0 Å². The maximum Gasteiger partial charge on any atom is 0.302 e. The normalized spacial score (nSPS) is 10.8. The smallest absolute Gasteiger partial charge is 0.302 e. The third-order valence-electron chi connectivity index (χ3n) is 6.64. The summed E-state index contributed by atoms with van der Waals surface area (Å²) in [5.41, 5.74) is 3.80. The third kappa shape index (κ3) is 11.2. The monoisotopic (exact) mass is 578 g/mol. The van der Waals surface area contributed by atoms with E-state index in [1.165, 1.54) is 6.92 Å². The second kappa shape index (κ2) is 17.2. The molecule has 0 radical (unpaired) electrons. The van der Waals surface area contributed by atoms with Crippen LogP contribution >= 0.6 is 0 Å². The van der Waals surface area contributed by atoms with Crippen molar-refractivity contribution in [1.29, 1.82) is 0 Å². The number of ether oxygens (including phenoxy) is 4. The van der Waals surface area contributed by atoms with E-state index in [4.69, 9.17) is 18.9 Å². The van der Waals surface area contributed by atoms with Crippen molar-refractivity contribution in [3.05, 3.63) is 120 Å². The van der Waals surface area contributed by atoms with Crippen molar-refractivity contribution in [2.75, 3.05) is 26.4 Å². The lowest BCUT2D eigenvalue weighted by Crippen LogP contribution is -2.08. The van der Waals surface area contributed by atoms with Crippen molar-refractivity contribution in [3.8, 4) is 28.4 Å². The van der Waals surface area contributed by atoms with Crippen LogP contribution in [-0.2, 0) is 9.53 Å². The molecule has 6 nitrogen and oxygen atoms in total. The molecular weight excluding hydrogens is 540 g/mol. The molecule has 0 spiro atoms. The summed E-state index contributed by atoms with van der Waals surface area (Å²) >= 11 is 0. The van der Waals surface area contributed by atoms with Gasteiger partial charge in [0, 0.05) is 12.5 Å². The molecule has 0 unspecified atom stereocenters. The van der Waals surface area contributed by atoms with Gasteiger partial charge in [-0.05, 0) is 84.8 Å². The first kappa shape index (κ1) is 31.1. The summed E-state index contributed by atoms with van der Waals surface area (Å²) in [4.78, 5) is 23.0. The van der Waals surface area contributed by atoms with Gasteiger partial charge >= 0.3 is 5.97 Å². The van der Waals surface area contributed by atoms with Gasteiger partial charge in [-0.3, -0.25) is 9.59 Å². The number of hydrogen-bond donors (Lipinski definition) is 0. The summed E-state index contributed by atoms with van der Waals surface area (Å²) in [5, 5.41) is 0. The van der Waals surface area contributed by atoms with Gasteiger partial charge in [0.15, 0.2) is 5.78 Å². The number of ketones is 1. The second-order valence-corrected chi connectivity index (χ2v) is 9.98. The molecule has 43 heavy (non-hydrogen) atoms. The maximum absolute atomic E-state index is 12.2. The molecule has 0 amide bonds. The molecule has 4 aromatic carbocycles. The number of allylic oxidation sites excluding steroid dienone is 1. The number of esters is 1. The highest BCUT2D eigenvalue weighted by molar-refractivity contribution is 6.06. The van der Waals surface area contributed by atoms with E-state index in [2.05, 4.69) is 12.1 Å². The molecule has 4 rings (SSSR count). The first-order valence-corrected chi connectivity index (χ1v) is 14.7. The second-order valence-electron chi connectivity index (χ2n) is 9.98. The summed E-state index contributed by atoms with van der Waals surface area (Å²) in [6.45, 7) is 3.44. The van der Waals surface area contributed by atoms with Gasteiger partial charge < -0.3 is 18.9 Å². The predicted octanol–water partition coefficient (Wildman–Crippen LogP) is 8.21. The zero-order valence-corrected chi connectivity index (χ0v) is 24.6. The molecule has 0 saturated carbocycles. The largest absolute Gasteiger partial charge is 0.494 e. The molecular formula is C37H38O6. The summed E-state index contributed by atoms with van der Waals surface area (Å²) in [6, 6.07) is 32.9. The SMILES string of the molecule is CC(=O)OCCCCCCOc1ccc(-c2ccc(OCCOc3ccc(C=CC(=O)c4ccccc4)cc3)cc2)cc1. The molecule has 0 aliphatic carbocycles. The molecule has 0 heterocycles. The van der Waals surface area contributed by atoms with Crippen molar-refractivity contribution >= 4 is 17.8 Å². The Kier molecular flexibility index (Phi) is 12.4. The van der Waals surface area contributed by atoms with E-state index in [0.717, 1.165) is 59.6 Å². The van der Waals surface area contributed by atoms with Crippen molar-refractivity contribution in [3.63, 3.8) is 0 Å². The molecule has 0 aliphatic rings. The van der Waals surface area contributed by atoms with Crippen molar-refractivity contribution < 1.29 is 28.5 Å². The predicted molar refractivity (Wildman–Crippen MR) is 170 cm³/mol. The lowest BCUT2D eigenvalue weighted by Gasteiger charge is -2.10. The number of carbonyl (C=O) groups is 2. The van der Waals surface area contributed by atoms with Crippen molar-refractivity contribution in [2.24, 2.45) is 0 Å². The minimum Gasteiger partial charge on any atom is -0.494 e. The summed E-state index contributed by atoms with van der Waals surface area (Å²) < 4.78 is 22.4. The molecule has 0 aliphatic heterocycles. The van der Waals surface area contributed by atoms with E-state index in [9.17, 15) is 9.59 Å². The van der Waals surface area contributed by atoms with Gasteiger partial charge in [0.05, 0.1) is 13.2 Å². The number of carbonyl (C=O) groups excluding carboxylic acids is 2. The van der Waals surface area contributed by atoms with E-state index < -0.39 is 0 Å². The summed E-state index contributed by atoms with van der Waals surface area (Å²) in [6.07, 6.45) is 7.31. The molecule has 0 bridgehead atoms. The molecule has 0 atom stereocenters. The highest BCUT2D eigenvalue weighted by Gasteiger charge is 2.03. The van der Waals surface area contributed by atoms with Gasteiger partial charge in [0.2, 0.25) is 0 Å². The number of unbranched alkanes of at least 4 members (excludes halogenated alkanes) is 3. The lowest BCUT2D eigenvalue weighted by atomic mass is 10.1. The molecule has 0 saturated heterocycles. The molecule has 0 aromatic heterocycles. The van der Waals surface area contributed by atoms with Crippen LogP contribution in [0.5, 0.6) is 17.2 Å². The van der Waals surface area contributed by atoms with Crippen LogP contribution in [0.1, 0.15) is 48.5 Å². The zero-order chi connectivity index (χ0) is 30.1. The first-order valence-electron chi connectivity index (χ1n) is 14.7. The average molecular weight is 579 g/mol. The maximum atomic E-state index is 12.2. The number of hydrogen-bond acceptors (Lipinski definition) is 6. The first-order chi connectivity index (χ1) is 21.1. The van der Waals surface area contributed by atoms with Crippen LogP contribution < -0.4 is 14.2 Å². The zero-order valence-electron chi connectivity index (χ0n) is 24.6. The van der Waals surface area contributed by atoms with E-state index in [1.807, 2.05) is 78.9 Å². The van der Waals surface area contributed by atoms with Gasteiger partial charge in [0.25, 0.3) is 0 Å². The quantitative estimate of drug-likeness (QED) is 0.0544. The standard InChI is InChI=1S/C37H38O6/c1-29(38)40-25-7-2-3-8-26-41-35-20-14-31(15-21-35)32-16-22-36(23-17-32)43-28-27-42-34-18-11-30(12-19-34)13-24-37(39)33-9-5-4-6-10-33/h4-6,9-24H,2-3,7-8,25-28H2,1H3. The topological polar surface area (TPSA) is 71.1 Å². The van der Waals surface area contributed by atoms with Crippen LogP contribution in [0.4, 0.5) is 0 Å². The van der Waals surface area contributed by atoms with Gasteiger partial charge in [0.1, 0.15) is 30.5 Å². The van der Waals surface area contributed by atoms with Crippen LogP contribution in [0, 0.1) is 0 Å². The Bertz CT molecular complexity index is 1430. The van der Waals surface area contributed by atoms with Crippen LogP contribution in [0.3, 0.4) is 0 Å². The van der Waals surface area contributed by atoms with E-state index >= 15 is 0 Å². The summed E-state index contributed by atoms with van der Waals surface area (Å²) in [5.74, 6) is 2.13. The fraction of sp³-hybridized carbons (Fsp3) is 0.243. The van der Waals surface area contributed by atoms with E-state index in [1.54, 1.807) is 24.3 Å². The van der Waals surface area contributed by atoms with E-state index in [0.29, 0.717) is 32.0 Å². The Morgan fingerprint density at radius 2 is 1.05 bits per heavy atom. The molecule has 4 aromatic rings. The number of benzene rings is 4. The van der Waals surface area contributed by atoms with Crippen LogP contribution in [0.25, 0.3) is 17.2 Å². The van der Waals surface area contributed by atoms with Gasteiger partial charge in [-0.15, -0.1) is 0 Å². The average Bonchev–Trinajstić information content (AvgIpc) is 3.04. The fourth-order valence-corrected chi connectivity index (χ4v) is 4.32. The van der Waals surface area contributed by atoms with Crippen LogP contribution in [-0.4, -0.2) is 38.2 Å². The molecule has 0 N–H and O–H groups in total. The minimum absolute atomic E-state index is 0.0251. The Morgan fingerprint density at radius 3 is 1.58 bits per heavy atom. The molecule has 0 fully saturated rings. The minimum atomic E-state index is -0.221. The highest BCUT2D eigenvalue weighted by Crippen LogP contribution is 2.25. The Labute approximate surface area is 253 Å². The summed E-state index contributed by atoms with van der Waals surface area (Å²) in [7, 11) is 0.